The van der Waals surface area contributed by atoms with E-state index in [2.05, 4.69) is 59.5 Å². The van der Waals surface area contributed by atoms with E-state index < -0.39 is 0 Å². The van der Waals surface area contributed by atoms with Gasteiger partial charge in [-0.25, -0.2) is 0 Å². The summed E-state index contributed by atoms with van der Waals surface area (Å²) < 4.78 is 11.2. The Kier molecular flexibility index (Phi) is 8.13. The van der Waals surface area contributed by atoms with Gasteiger partial charge in [0, 0.05) is 19.7 Å². The van der Waals surface area contributed by atoms with Crippen molar-refractivity contribution < 1.29 is 14.3 Å². The second-order valence-corrected chi connectivity index (χ2v) is 8.75. The van der Waals surface area contributed by atoms with Crippen molar-refractivity contribution in [2.45, 2.75) is 39.0 Å². The van der Waals surface area contributed by atoms with Crippen LogP contribution in [0.4, 0.5) is 0 Å². The predicted octanol–water partition coefficient (Wildman–Crippen LogP) is 4.90. The quantitative estimate of drug-likeness (QED) is 0.439. The van der Waals surface area contributed by atoms with Gasteiger partial charge >= 0.3 is 5.97 Å². The lowest BCUT2D eigenvalue weighted by atomic mass is 9.94. The van der Waals surface area contributed by atoms with Gasteiger partial charge in [0.05, 0.1) is 19.1 Å². The zero-order chi connectivity index (χ0) is 22.2. The summed E-state index contributed by atoms with van der Waals surface area (Å²) in [5.74, 6) is -0.00578. The fourth-order valence-corrected chi connectivity index (χ4v) is 4.96. The Hall–Kier alpha value is -2.43. The predicted molar refractivity (Wildman–Crippen MR) is 129 cm³/mol. The van der Waals surface area contributed by atoms with Crippen LogP contribution in [0.25, 0.3) is 5.57 Å². The number of fused-ring (bicyclic) bond motifs is 2. The molecule has 0 radical (unpaired) electrons. The topological polar surface area (TPSA) is 38.8 Å². The van der Waals surface area contributed by atoms with E-state index in [4.69, 9.17) is 9.47 Å². The number of nitrogens with zero attached hydrogens (tertiary/aromatic N) is 1. The van der Waals surface area contributed by atoms with Gasteiger partial charge in [-0.15, -0.1) is 0 Å². The molecule has 1 heterocycles. The summed E-state index contributed by atoms with van der Waals surface area (Å²) in [6, 6.07) is 17.5. The van der Waals surface area contributed by atoms with Crippen LogP contribution in [0.1, 0.15) is 48.4 Å². The Morgan fingerprint density at radius 1 is 1.06 bits per heavy atom. The van der Waals surface area contributed by atoms with Crippen molar-refractivity contribution in [1.29, 1.82) is 0 Å². The standard InChI is InChI=1S/C28H35NO3/c1-2-32-28(30)24-11-7-17-29(21-24)18-8-19-31-20-16-27-25-12-5-3-9-22(25)14-15-23-10-4-6-13-26(23)27/h3-6,9-10,12-13,16,24H,2,7-8,11,14-15,17-21H2,1H3/t24-/m1/s1. The summed E-state index contributed by atoms with van der Waals surface area (Å²) >= 11 is 0. The Balaban J connectivity index is 1.30. The minimum atomic E-state index is -0.0379. The van der Waals surface area contributed by atoms with E-state index in [0.29, 0.717) is 13.2 Å². The van der Waals surface area contributed by atoms with Crippen LogP contribution in [0, 0.1) is 5.92 Å². The summed E-state index contributed by atoms with van der Waals surface area (Å²) in [6.45, 7) is 6.53. The SMILES string of the molecule is CCOC(=O)[C@@H]1CCCN(CCCOCC=C2c3ccccc3CCc3ccccc32)C1. The fraction of sp³-hybridized carbons (Fsp3) is 0.464. The van der Waals surface area contributed by atoms with Crippen LogP contribution in [0.15, 0.2) is 54.6 Å². The zero-order valence-corrected chi connectivity index (χ0v) is 19.2. The lowest BCUT2D eigenvalue weighted by Crippen LogP contribution is -2.40. The molecule has 2 aromatic rings. The lowest BCUT2D eigenvalue weighted by molar-refractivity contribution is -0.149. The maximum Gasteiger partial charge on any atom is 0.310 e. The number of hydrogen-bond acceptors (Lipinski definition) is 4. The van der Waals surface area contributed by atoms with Gasteiger partial charge < -0.3 is 14.4 Å². The number of esters is 1. The number of piperidine rings is 1. The van der Waals surface area contributed by atoms with Gasteiger partial charge in [-0.05, 0) is 73.4 Å². The van der Waals surface area contributed by atoms with Gasteiger partial charge in [-0.1, -0.05) is 54.6 Å². The molecule has 0 saturated carbocycles. The first-order chi connectivity index (χ1) is 15.8. The first-order valence-corrected chi connectivity index (χ1v) is 12.1. The number of likely N-dealkylation sites (tertiary alicyclic amines) is 1. The Morgan fingerprint density at radius 2 is 1.75 bits per heavy atom. The van der Waals surface area contributed by atoms with Crippen LogP contribution in [0.5, 0.6) is 0 Å². The number of aryl methyl sites for hydroxylation is 2. The lowest BCUT2D eigenvalue weighted by Gasteiger charge is -2.31. The van der Waals surface area contributed by atoms with Crippen LogP contribution in [0.3, 0.4) is 0 Å². The van der Waals surface area contributed by atoms with Crippen molar-refractivity contribution in [3.63, 3.8) is 0 Å². The van der Waals surface area contributed by atoms with Gasteiger partial charge in [0.1, 0.15) is 0 Å². The summed E-state index contributed by atoms with van der Waals surface area (Å²) in [7, 11) is 0. The van der Waals surface area contributed by atoms with Gasteiger partial charge in [0.2, 0.25) is 0 Å². The monoisotopic (exact) mass is 433 g/mol. The molecule has 0 amide bonds. The third kappa shape index (κ3) is 5.67. The average molecular weight is 434 g/mol. The van der Waals surface area contributed by atoms with E-state index in [1.165, 1.54) is 27.8 Å². The maximum atomic E-state index is 12.0. The van der Waals surface area contributed by atoms with Gasteiger partial charge in [0.15, 0.2) is 0 Å². The Morgan fingerprint density at radius 3 is 2.44 bits per heavy atom. The number of hydrogen-bond donors (Lipinski definition) is 0. The van der Waals surface area contributed by atoms with Gasteiger partial charge in [0.25, 0.3) is 0 Å². The van der Waals surface area contributed by atoms with E-state index in [1.807, 2.05) is 6.92 Å². The molecular weight excluding hydrogens is 398 g/mol. The molecule has 4 heteroatoms. The number of rotatable bonds is 8. The second kappa shape index (κ2) is 11.4. The van der Waals surface area contributed by atoms with Crippen molar-refractivity contribution in [3.8, 4) is 0 Å². The van der Waals surface area contributed by atoms with Crippen molar-refractivity contribution in [1.82, 2.24) is 4.90 Å². The molecule has 1 aliphatic heterocycles. The summed E-state index contributed by atoms with van der Waals surface area (Å²) in [4.78, 5) is 14.4. The fourth-order valence-electron chi connectivity index (χ4n) is 4.96. The molecule has 1 fully saturated rings. The van der Waals surface area contributed by atoms with E-state index in [1.54, 1.807) is 0 Å². The molecule has 4 rings (SSSR count). The third-order valence-electron chi connectivity index (χ3n) is 6.57. The van der Waals surface area contributed by atoms with Crippen LogP contribution >= 0.6 is 0 Å². The highest BCUT2D eigenvalue weighted by Gasteiger charge is 2.26. The first-order valence-electron chi connectivity index (χ1n) is 12.1. The van der Waals surface area contributed by atoms with Crippen molar-refractivity contribution >= 4 is 11.5 Å². The molecule has 1 aliphatic carbocycles. The molecule has 2 aliphatic rings. The second-order valence-electron chi connectivity index (χ2n) is 8.75. The molecule has 1 saturated heterocycles. The highest BCUT2D eigenvalue weighted by atomic mass is 16.5. The molecule has 2 aromatic carbocycles. The third-order valence-corrected chi connectivity index (χ3v) is 6.57. The molecule has 4 nitrogen and oxygen atoms in total. The number of benzene rings is 2. The van der Waals surface area contributed by atoms with Crippen molar-refractivity contribution in [3.05, 3.63) is 76.9 Å². The maximum absolute atomic E-state index is 12.0. The molecule has 0 aromatic heterocycles. The van der Waals surface area contributed by atoms with Crippen molar-refractivity contribution in [2.75, 3.05) is 39.5 Å². The number of carbonyl (C=O) groups is 1. The summed E-state index contributed by atoms with van der Waals surface area (Å²) in [5.41, 5.74) is 6.79. The molecule has 170 valence electrons. The normalized spacial score (nSPS) is 18.4. The molecule has 1 atom stereocenters. The minimum Gasteiger partial charge on any atom is -0.466 e. The highest BCUT2D eigenvalue weighted by Crippen LogP contribution is 2.33. The van der Waals surface area contributed by atoms with Crippen LogP contribution in [-0.2, 0) is 27.1 Å². The van der Waals surface area contributed by atoms with E-state index in [-0.39, 0.29) is 11.9 Å². The zero-order valence-electron chi connectivity index (χ0n) is 19.2. The van der Waals surface area contributed by atoms with Crippen LogP contribution in [-0.4, -0.2) is 50.3 Å². The van der Waals surface area contributed by atoms with Crippen LogP contribution < -0.4 is 0 Å². The van der Waals surface area contributed by atoms with E-state index in [9.17, 15) is 4.79 Å². The molecule has 0 spiro atoms. The van der Waals surface area contributed by atoms with Gasteiger partial charge in [-0.3, -0.25) is 4.79 Å². The largest absolute Gasteiger partial charge is 0.466 e. The van der Waals surface area contributed by atoms with Crippen molar-refractivity contribution in [2.24, 2.45) is 5.92 Å². The molecule has 0 bridgehead atoms. The Bertz CT molecular complexity index is 886. The summed E-state index contributed by atoms with van der Waals surface area (Å²) in [6.07, 6.45) is 7.40. The average Bonchev–Trinajstić information content (AvgIpc) is 2.99. The minimum absolute atomic E-state index is 0.0322. The van der Waals surface area contributed by atoms with Crippen LogP contribution in [0.2, 0.25) is 0 Å². The highest BCUT2D eigenvalue weighted by molar-refractivity contribution is 5.84. The van der Waals surface area contributed by atoms with Gasteiger partial charge in [-0.2, -0.15) is 0 Å². The molecule has 0 unspecified atom stereocenters. The Labute approximate surface area is 192 Å². The smallest absolute Gasteiger partial charge is 0.310 e. The first kappa shape index (κ1) is 22.8. The van der Waals surface area contributed by atoms with E-state index >= 15 is 0 Å². The molecule has 32 heavy (non-hydrogen) atoms. The molecule has 0 N–H and O–H groups in total. The number of carbonyl (C=O) groups excluding carboxylic acids is 1. The number of ether oxygens (including phenoxy) is 2. The summed E-state index contributed by atoms with van der Waals surface area (Å²) in [5, 5.41) is 0. The van der Waals surface area contributed by atoms with E-state index in [0.717, 1.165) is 58.3 Å². The molecular formula is C28H35NO3.